The van der Waals surface area contributed by atoms with Crippen molar-refractivity contribution in [1.82, 2.24) is 25.7 Å². The predicted octanol–water partition coefficient (Wildman–Crippen LogP) is 1.97. The van der Waals surface area contributed by atoms with Crippen molar-refractivity contribution in [2.75, 3.05) is 19.6 Å². The largest absolute Gasteiger partial charge is 0.348 e. The first-order chi connectivity index (χ1) is 12.6. The molecule has 0 bridgehead atoms. The van der Waals surface area contributed by atoms with Gasteiger partial charge in [0.25, 0.3) is 5.91 Å². The van der Waals surface area contributed by atoms with Crippen LogP contribution in [0.15, 0.2) is 30.6 Å². The van der Waals surface area contributed by atoms with E-state index in [-0.39, 0.29) is 23.7 Å². The van der Waals surface area contributed by atoms with Crippen LogP contribution in [0.5, 0.6) is 0 Å². The van der Waals surface area contributed by atoms with Crippen molar-refractivity contribution in [3.05, 3.63) is 53.4 Å². The van der Waals surface area contributed by atoms with Crippen LogP contribution in [0.3, 0.4) is 0 Å². The Morgan fingerprint density at radius 2 is 2.12 bits per heavy atom. The van der Waals surface area contributed by atoms with Crippen LogP contribution in [-0.2, 0) is 0 Å². The van der Waals surface area contributed by atoms with Crippen molar-refractivity contribution >= 4 is 5.91 Å². The smallest absolute Gasteiger partial charge is 0.274 e. The van der Waals surface area contributed by atoms with Crippen LogP contribution in [0.25, 0.3) is 0 Å². The molecule has 0 saturated carbocycles. The number of carbonyl (C=O) groups is 1. The Balaban J connectivity index is 1.49. The number of aryl methyl sites for hydroxylation is 1. The number of halogens is 1. The Bertz CT molecular complexity index is 774. The second-order valence-electron chi connectivity index (χ2n) is 7.24. The number of imidazole rings is 1. The highest BCUT2D eigenvalue weighted by atomic mass is 19.1. The van der Waals surface area contributed by atoms with E-state index in [0.29, 0.717) is 18.2 Å². The molecule has 2 aromatic rings. The van der Waals surface area contributed by atoms with E-state index in [0.717, 1.165) is 37.2 Å². The van der Waals surface area contributed by atoms with E-state index in [1.807, 2.05) is 24.0 Å². The van der Waals surface area contributed by atoms with Crippen LogP contribution in [-0.4, -0.2) is 46.5 Å². The normalized spacial score (nSPS) is 26.2. The zero-order chi connectivity index (χ0) is 18.1. The van der Waals surface area contributed by atoms with Gasteiger partial charge in [-0.05, 0) is 43.4 Å². The lowest BCUT2D eigenvalue weighted by molar-refractivity contribution is 0.0638. The Morgan fingerprint density at radius 1 is 1.31 bits per heavy atom. The third kappa shape index (κ3) is 3.24. The van der Waals surface area contributed by atoms with Crippen molar-refractivity contribution in [3.63, 3.8) is 0 Å². The fraction of sp³-hybridized carbons (Fsp3) is 0.474. The fourth-order valence-electron chi connectivity index (χ4n) is 4.21. The zero-order valence-electron chi connectivity index (χ0n) is 14.8. The van der Waals surface area contributed by atoms with Gasteiger partial charge in [0.2, 0.25) is 0 Å². The molecule has 3 unspecified atom stereocenters. The molecule has 3 N–H and O–H groups in total. The molecule has 2 aliphatic heterocycles. The summed E-state index contributed by atoms with van der Waals surface area (Å²) >= 11 is 0. The van der Waals surface area contributed by atoms with Gasteiger partial charge in [-0.3, -0.25) is 15.6 Å². The van der Waals surface area contributed by atoms with Crippen LogP contribution in [0.1, 0.15) is 40.5 Å². The standard InChI is InChI=1S/C19H24FN5O/c1-12-17(22-11-21-12)19(26)25-8-2-3-14(10-25)18-16(9-23-24-18)13-4-6-15(20)7-5-13/h4-7,11,14,16,18,23-24H,2-3,8-10H2,1H3,(H,21,22). The summed E-state index contributed by atoms with van der Waals surface area (Å²) in [6.07, 6.45) is 3.62. The third-order valence-corrected chi connectivity index (χ3v) is 5.61. The summed E-state index contributed by atoms with van der Waals surface area (Å²) in [4.78, 5) is 21.9. The maximum Gasteiger partial charge on any atom is 0.274 e. The average Bonchev–Trinajstić information content (AvgIpc) is 3.31. The molecule has 7 heteroatoms. The number of piperidine rings is 1. The molecule has 2 fully saturated rings. The molecule has 0 aliphatic carbocycles. The van der Waals surface area contributed by atoms with Crippen LogP contribution in [0.4, 0.5) is 4.39 Å². The molecule has 138 valence electrons. The highest BCUT2D eigenvalue weighted by Gasteiger charge is 2.38. The van der Waals surface area contributed by atoms with Gasteiger partial charge in [0.05, 0.1) is 6.33 Å². The highest BCUT2D eigenvalue weighted by Crippen LogP contribution is 2.32. The number of H-pyrrole nitrogens is 1. The number of nitrogens with zero attached hydrogens (tertiary/aromatic N) is 2. The number of aromatic nitrogens is 2. The number of hydrazine groups is 1. The van der Waals surface area contributed by atoms with Crippen LogP contribution in [0, 0.1) is 18.7 Å². The SMILES string of the molecule is Cc1[nH]cnc1C(=O)N1CCCC(C2NNCC2c2ccc(F)cc2)C1. The molecular weight excluding hydrogens is 333 g/mol. The molecule has 2 saturated heterocycles. The number of hydrogen-bond acceptors (Lipinski definition) is 4. The summed E-state index contributed by atoms with van der Waals surface area (Å²) in [5.74, 6) is 0.394. The van der Waals surface area contributed by atoms with Crippen molar-refractivity contribution in [1.29, 1.82) is 0 Å². The summed E-state index contributed by atoms with van der Waals surface area (Å²) < 4.78 is 13.2. The molecule has 6 nitrogen and oxygen atoms in total. The van der Waals surface area contributed by atoms with Gasteiger partial charge in [-0.2, -0.15) is 0 Å². The summed E-state index contributed by atoms with van der Waals surface area (Å²) in [5.41, 5.74) is 9.09. The number of likely N-dealkylation sites (tertiary alicyclic amines) is 1. The topological polar surface area (TPSA) is 73.0 Å². The van der Waals surface area contributed by atoms with Gasteiger partial charge >= 0.3 is 0 Å². The number of nitrogens with one attached hydrogen (secondary N) is 3. The molecule has 3 heterocycles. The van der Waals surface area contributed by atoms with E-state index in [1.54, 1.807) is 6.33 Å². The van der Waals surface area contributed by atoms with E-state index < -0.39 is 0 Å². The summed E-state index contributed by atoms with van der Waals surface area (Å²) in [5, 5.41) is 0. The first-order valence-corrected chi connectivity index (χ1v) is 9.16. The molecule has 3 atom stereocenters. The van der Waals surface area contributed by atoms with Gasteiger partial charge in [0, 0.05) is 37.3 Å². The maximum absolute atomic E-state index is 13.2. The molecule has 26 heavy (non-hydrogen) atoms. The highest BCUT2D eigenvalue weighted by molar-refractivity contribution is 5.93. The van der Waals surface area contributed by atoms with Crippen LogP contribution in [0.2, 0.25) is 0 Å². The van der Waals surface area contributed by atoms with E-state index in [4.69, 9.17) is 0 Å². The van der Waals surface area contributed by atoms with Gasteiger partial charge < -0.3 is 9.88 Å². The molecular formula is C19H24FN5O. The Kier molecular flexibility index (Phi) is 4.74. The second-order valence-corrected chi connectivity index (χ2v) is 7.24. The lowest BCUT2D eigenvalue weighted by Gasteiger charge is -2.37. The lowest BCUT2D eigenvalue weighted by atomic mass is 9.81. The van der Waals surface area contributed by atoms with Gasteiger partial charge in [0.1, 0.15) is 11.5 Å². The van der Waals surface area contributed by atoms with Crippen molar-refractivity contribution < 1.29 is 9.18 Å². The minimum Gasteiger partial charge on any atom is -0.348 e. The minimum absolute atomic E-state index is 0.00209. The number of hydrogen-bond donors (Lipinski definition) is 3. The van der Waals surface area contributed by atoms with Crippen molar-refractivity contribution in [3.8, 4) is 0 Å². The van der Waals surface area contributed by atoms with Gasteiger partial charge in [-0.15, -0.1) is 0 Å². The number of amides is 1. The third-order valence-electron chi connectivity index (χ3n) is 5.61. The lowest BCUT2D eigenvalue weighted by Crippen LogP contribution is -2.48. The zero-order valence-corrected chi connectivity index (χ0v) is 14.8. The van der Waals surface area contributed by atoms with Crippen LogP contribution < -0.4 is 10.9 Å². The molecule has 4 rings (SSSR count). The monoisotopic (exact) mass is 357 g/mol. The number of benzene rings is 1. The number of rotatable bonds is 3. The first kappa shape index (κ1) is 17.2. The molecule has 1 aromatic carbocycles. The Hall–Kier alpha value is -2.25. The quantitative estimate of drug-likeness (QED) is 0.785. The number of aromatic amines is 1. The number of carbonyl (C=O) groups excluding carboxylic acids is 1. The van der Waals surface area contributed by atoms with E-state index in [2.05, 4.69) is 20.8 Å². The molecule has 1 aromatic heterocycles. The first-order valence-electron chi connectivity index (χ1n) is 9.16. The second kappa shape index (κ2) is 7.17. The molecule has 2 aliphatic rings. The van der Waals surface area contributed by atoms with E-state index in [9.17, 15) is 9.18 Å². The predicted molar refractivity (Wildman–Crippen MR) is 96.0 cm³/mol. The van der Waals surface area contributed by atoms with Crippen molar-refractivity contribution in [2.24, 2.45) is 5.92 Å². The maximum atomic E-state index is 13.2. The fourth-order valence-corrected chi connectivity index (χ4v) is 4.21. The molecule has 1 amide bonds. The van der Waals surface area contributed by atoms with Gasteiger partial charge in [-0.25, -0.2) is 9.37 Å². The Labute approximate surface area is 152 Å². The van der Waals surface area contributed by atoms with E-state index >= 15 is 0 Å². The van der Waals surface area contributed by atoms with E-state index in [1.165, 1.54) is 12.1 Å². The molecule has 0 spiro atoms. The summed E-state index contributed by atoms with van der Waals surface area (Å²) in [7, 11) is 0. The van der Waals surface area contributed by atoms with Crippen molar-refractivity contribution in [2.45, 2.75) is 31.7 Å². The van der Waals surface area contributed by atoms with Gasteiger partial charge in [-0.1, -0.05) is 12.1 Å². The average molecular weight is 357 g/mol. The van der Waals surface area contributed by atoms with Gasteiger partial charge in [0.15, 0.2) is 0 Å². The summed E-state index contributed by atoms with van der Waals surface area (Å²) in [6, 6.07) is 6.97. The minimum atomic E-state index is -0.215. The molecule has 0 radical (unpaired) electrons. The summed E-state index contributed by atoms with van der Waals surface area (Å²) in [6.45, 7) is 4.15. The van der Waals surface area contributed by atoms with Crippen LogP contribution >= 0.6 is 0 Å². The Morgan fingerprint density at radius 3 is 2.85 bits per heavy atom.